The van der Waals surface area contributed by atoms with Crippen LogP contribution in [0.4, 0.5) is 0 Å². The minimum absolute atomic E-state index is 0.128. The highest BCUT2D eigenvalue weighted by atomic mass is 35.5. The Morgan fingerprint density at radius 2 is 2.12 bits per heavy atom. The Labute approximate surface area is 108 Å². The summed E-state index contributed by atoms with van der Waals surface area (Å²) in [6.45, 7) is 4.82. The van der Waals surface area contributed by atoms with Crippen molar-refractivity contribution in [1.29, 1.82) is 0 Å². The molecule has 3 nitrogen and oxygen atoms in total. The highest BCUT2D eigenvalue weighted by Gasteiger charge is 2.11. The van der Waals surface area contributed by atoms with Gasteiger partial charge >= 0.3 is 0 Å². The fourth-order valence-electron chi connectivity index (χ4n) is 1.49. The molecule has 96 valence electrons. The summed E-state index contributed by atoms with van der Waals surface area (Å²) in [6.07, 6.45) is 1.69. The van der Waals surface area contributed by atoms with E-state index in [-0.39, 0.29) is 12.8 Å². The van der Waals surface area contributed by atoms with E-state index >= 15 is 0 Å². The molecule has 0 spiro atoms. The van der Waals surface area contributed by atoms with E-state index in [1.165, 1.54) is 0 Å². The van der Waals surface area contributed by atoms with Crippen LogP contribution < -0.4 is 10.5 Å². The van der Waals surface area contributed by atoms with Gasteiger partial charge in [-0.25, -0.2) is 0 Å². The molecule has 0 aliphatic heterocycles. The molecule has 0 heterocycles. The van der Waals surface area contributed by atoms with Crippen LogP contribution in [0.1, 0.15) is 25.8 Å². The highest BCUT2D eigenvalue weighted by molar-refractivity contribution is 6.32. The molecule has 0 aromatic heterocycles. The summed E-state index contributed by atoms with van der Waals surface area (Å²) >= 11 is 6.11. The highest BCUT2D eigenvalue weighted by Crippen LogP contribution is 2.29. The maximum Gasteiger partial charge on any atom is 0.189 e. The van der Waals surface area contributed by atoms with Crippen LogP contribution in [0, 0.1) is 0 Å². The van der Waals surface area contributed by atoms with Gasteiger partial charge in [0, 0.05) is 12.6 Å². The molecule has 0 bridgehead atoms. The zero-order chi connectivity index (χ0) is 12.7. The van der Waals surface area contributed by atoms with Gasteiger partial charge in [-0.05, 0) is 31.4 Å². The zero-order valence-electron chi connectivity index (χ0n) is 10.4. The molecule has 1 atom stereocenters. The average Bonchev–Trinajstić information content (AvgIpc) is 2.32. The molecule has 2 N–H and O–H groups in total. The number of para-hydroxylation sites is 1. The Balaban J connectivity index is 2.76. The SMILES string of the molecule is CCOCOc1c(Cl)cccc1CC(N)CC. The van der Waals surface area contributed by atoms with Crippen LogP contribution in [0.15, 0.2) is 18.2 Å². The number of benzene rings is 1. The predicted octanol–water partition coefficient (Wildman–Crippen LogP) is 2.99. The minimum Gasteiger partial charge on any atom is -0.466 e. The van der Waals surface area contributed by atoms with Crippen molar-refractivity contribution in [2.45, 2.75) is 32.7 Å². The molecule has 0 fully saturated rings. The summed E-state index contributed by atoms with van der Waals surface area (Å²) < 4.78 is 10.7. The van der Waals surface area contributed by atoms with E-state index in [0.717, 1.165) is 18.4 Å². The lowest BCUT2D eigenvalue weighted by Gasteiger charge is -2.15. The standard InChI is InChI=1S/C13H20ClNO2/c1-3-11(15)8-10-6-5-7-12(14)13(10)17-9-16-4-2/h5-7,11H,3-4,8-9,15H2,1-2H3. The summed E-state index contributed by atoms with van der Waals surface area (Å²) in [7, 11) is 0. The number of rotatable bonds is 7. The molecule has 1 rings (SSSR count). The number of ether oxygens (including phenoxy) is 2. The third kappa shape index (κ3) is 4.54. The lowest BCUT2D eigenvalue weighted by Crippen LogP contribution is -2.22. The van der Waals surface area contributed by atoms with Crippen LogP contribution in [0.2, 0.25) is 5.02 Å². The normalized spacial score (nSPS) is 12.5. The van der Waals surface area contributed by atoms with Crippen molar-refractivity contribution in [1.82, 2.24) is 0 Å². The third-order valence-corrected chi connectivity index (χ3v) is 2.84. The topological polar surface area (TPSA) is 44.5 Å². The molecule has 17 heavy (non-hydrogen) atoms. The monoisotopic (exact) mass is 257 g/mol. The summed E-state index contributed by atoms with van der Waals surface area (Å²) in [4.78, 5) is 0. The van der Waals surface area contributed by atoms with Gasteiger partial charge in [0.25, 0.3) is 0 Å². The van der Waals surface area contributed by atoms with Crippen molar-refractivity contribution in [3.63, 3.8) is 0 Å². The Morgan fingerprint density at radius 1 is 1.35 bits per heavy atom. The molecule has 0 saturated carbocycles. The summed E-state index contributed by atoms with van der Waals surface area (Å²) in [5, 5.41) is 0.602. The van der Waals surface area contributed by atoms with Crippen molar-refractivity contribution in [2.24, 2.45) is 5.73 Å². The molecule has 1 unspecified atom stereocenters. The van der Waals surface area contributed by atoms with Gasteiger partial charge in [-0.3, -0.25) is 0 Å². The van der Waals surface area contributed by atoms with Gasteiger partial charge < -0.3 is 15.2 Å². The second kappa shape index (κ2) is 7.54. The average molecular weight is 258 g/mol. The predicted molar refractivity (Wildman–Crippen MR) is 70.5 cm³/mol. The first-order valence-corrected chi connectivity index (χ1v) is 6.30. The van der Waals surface area contributed by atoms with Gasteiger partial charge in [-0.15, -0.1) is 0 Å². The first kappa shape index (κ1) is 14.3. The molecular weight excluding hydrogens is 238 g/mol. The molecule has 4 heteroatoms. The van der Waals surface area contributed by atoms with Gasteiger partial charge in [0.05, 0.1) is 5.02 Å². The Bertz CT molecular complexity index is 344. The minimum atomic E-state index is 0.128. The maximum atomic E-state index is 6.11. The number of halogens is 1. The second-order valence-electron chi connectivity index (χ2n) is 3.86. The lowest BCUT2D eigenvalue weighted by atomic mass is 10.0. The number of nitrogens with two attached hydrogens (primary N) is 1. The summed E-state index contributed by atoms with van der Waals surface area (Å²) in [6, 6.07) is 5.84. The zero-order valence-corrected chi connectivity index (χ0v) is 11.2. The van der Waals surface area contributed by atoms with Crippen LogP contribution in [-0.2, 0) is 11.2 Å². The van der Waals surface area contributed by atoms with E-state index in [9.17, 15) is 0 Å². The molecule has 0 aliphatic rings. The lowest BCUT2D eigenvalue weighted by molar-refractivity contribution is 0.0218. The molecule has 0 aliphatic carbocycles. The van der Waals surface area contributed by atoms with Crippen LogP contribution in [-0.4, -0.2) is 19.4 Å². The van der Waals surface area contributed by atoms with E-state index in [1.54, 1.807) is 0 Å². The number of hydrogen-bond acceptors (Lipinski definition) is 3. The Kier molecular flexibility index (Phi) is 6.34. The summed E-state index contributed by atoms with van der Waals surface area (Å²) in [5.74, 6) is 0.687. The van der Waals surface area contributed by atoms with Crippen LogP contribution in [0.25, 0.3) is 0 Å². The molecular formula is C13H20ClNO2. The molecule has 1 aromatic carbocycles. The molecule has 0 amide bonds. The third-order valence-electron chi connectivity index (χ3n) is 2.55. The number of hydrogen-bond donors (Lipinski definition) is 1. The second-order valence-corrected chi connectivity index (χ2v) is 4.26. The smallest absolute Gasteiger partial charge is 0.189 e. The van der Waals surface area contributed by atoms with Crippen LogP contribution in [0.5, 0.6) is 5.75 Å². The first-order valence-electron chi connectivity index (χ1n) is 5.92. The van der Waals surface area contributed by atoms with E-state index in [2.05, 4.69) is 6.92 Å². The van der Waals surface area contributed by atoms with Gasteiger partial charge in [0.2, 0.25) is 0 Å². The first-order chi connectivity index (χ1) is 8.19. The van der Waals surface area contributed by atoms with E-state index in [1.807, 2.05) is 25.1 Å². The van der Waals surface area contributed by atoms with Crippen molar-refractivity contribution >= 4 is 11.6 Å². The van der Waals surface area contributed by atoms with E-state index in [4.69, 9.17) is 26.8 Å². The van der Waals surface area contributed by atoms with Crippen molar-refractivity contribution in [2.75, 3.05) is 13.4 Å². The van der Waals surface area contributed by atoms with Crippen LogP contribution in [0.3, 0.4) is 0 Å². The molecule has 1 aromatic rings. The van der Waals surface area contributed by atoms with Crippen molar-refractivity contribution < 1.29 is 9.47 Å². The van der Waals surface area contributed by atoms with Gasteiger partial charge in [0.15, 0.2) is 6.79 Å². The van der Waals surface area contributed by atoms with Gasteiger partial charge in [0.1, 0.15) is 5.75 Å². The summed E-state index contributed by atoms with van der Waals surface area (Å²) in [5.41, 5.74) is 6.98. The van der Waals surface area contributed by atoms with Gasteiger partial charge in [-0.2, -0.15) is 0 Å². The fourth-order valence-corrected chi connectivity index (χ4v) is 1.74. The van der Waals surface area contributed by atoms with Crippen molar-refractivity contribution in [3.05, 3.63) is 28.8 Å². The largest absolute Gasteiger partial charge is 0.466 e. The molecule has 0 radical (unpaired) electrons. The fraction of sp³-hybridized carbons (Fsp3) is 0.538. The maximum absolute atomic E-state index is 6.11. The van der Waals surface area contributed by atoms with Crippen molar-refractivity contribution in [3.8, 4) is 5.75 Å². The van der Waals surface area contributed by atoms with E-state index in [0.29, 0.717) is 17.4 Å². The quantitative estimate of drug-likeness (QED) is 0.603. The van der Waals surface area contributed by atoms with Gasteiger partial charge in [-0.1, -0.05) is 30.7 Å². The van der Waals surface area contributed by atoms with E-state index < -0.39 is 0 Å². The molecule has 0 saturated heterocycles. The Morgan fingerprint density at radius 3 is 2.76 bits per heavy atom. The Hall–Kier alpha value is -0.770. The van der Waals surface area contributed by atoms with Crippen LogP contribution >= 0.6 is 11.6 Å².